The minimum absolute atomic E-state index is 0.203. The smallest absolute Gasteiger partial charge is 0.0652 e. The highest BCUT2D eigenvalue weighted by molar-refractivity contribution is 5.00. The first-order valence-corrected chi connectivity index (χ1v) is 3.37. The molecule has 9 heavy (non-hydrogen) atoms. The lowest BCUT2D eigenvalue weighted by Crippen LogP contribution is -2.58. The molecule has 0 aromatic heterocycles. The molecule has 0 heterocycles. The standard InChI is InChI=1S/C7H15NO/c1-7(2)5(8)4-6(7)9-3/h5-6H,4,8H2,1-3H3. The maximum atomic E-state index is 5.74. The molecular formula is C7H15NO. The van der Waals surface area contributed by atoms with Gasteiger partial charge in [0.15, 0.2) is 0 Å². The number of rotatable bonds is 1. The molecule has 0 aliphatic heterocycles. The zero-order valence-corrected chi connectivity index (χ0v) is 6.35. The number of hydrogen-bond donors (Lipinski definition) is 1. The van der Waals surface area contributed by atoms with Gasteiger partial charge in [0.2, 0.25) is 0 Å². The fourth-order valence-corrected chi connectivity index (χ4v) is 1.32. The highest BCUT2D eigenvalue weighted by Crippen LogP contribution is 2.40. The Labute approximate surface area is 56.4 Å². The van der Waals surface area contributed by atoms with Crippen molar-refractivity contribution in [3.05, 3.63) is 0 Å². The van der Waals surface area contributed by atoms with Crippen molar-refractivity contribution in [2.24, 2.45) is 11.1 Å². The van der Waals surface area contributed by atoms with Gasteiger partial charge in [0.05, 0.1) is 6.10 Å². The molecule has 1 aliphatic rings. The first kappa shape index (κ1) is 7.03. The van der Waals surface area contributed by atoms with E-state index in [1.165, 1.54) is 0 Å². The van der Waals surface area contributed by atoms with Crippen molar-refractivity contribution in [1.82, 2.24) is 0 Å². The van der Waals surface area contributed by atoms with Gasteiger partial charge in [-0.2, -0.15) is 0 Å². The highest BCUT2D eigenvalue weighted by atomic mass is 16.5. The van der Waals surface area contributed by atoms with Crippen LogP contribution in [-0.2, 0) is 4.74 Å². The van der Waals surface area contributed by atoms with E-state index in [1.54, 1.807) is 7.11 Å². The topological polar surface area (TPSA) is 35.2 Å². The van der Waals surface area contributed by atoms with E-state index in [-0.39, 0.29) is 5.41 Å². The lowest BCUT2D eigenvalue weighted by molar-refractivity contribution is -0.0858. The molecule has 0 bridgehead atoms. The van der Waals surface area contributed by atoms with Crippen molar-refractivity contribution < 1.29 is 4.74 Å². The van der Waals surface area contributed by atoms with Gasteiger partial charge < -0.3 is 10.5 Å². The number of nitrogens with two attached hydrogens (primary N) is 1. The Morgan fingerprint density at radius 3 is 2.22 bits per heavy atom. The maximum Gasteiger partial charge on any atom is 0.0652 e. The summed E-state index contributed by atoms with van der Waals surface area (Å²) in [5.41, 5.74) is 5.95. The molecule has 54 valence electrons. The molecule has 0 spiro atoms. The van der Waals surface area contributed by atoms with Gasteiger partial charge in [0, 0.05) is 18.6 Å². The Balaban J connectivity index is 2.48. The van der Waals surface area contributed by atoms with Crippen LogP contribution in [0.15, 0.2) is 0 Å². The van der Waals surface area contributed by atoms with Gasteiger partial charge in [0.25, 0.3) is 0 Å². The van der Waals surface area contributed by atoms with Gasteiger partial charge in [-0.05, 0) is 6.42 Å². The van der Waals surface area contributed by atoms with E-state index >= 15 is 0 Å². The first-order valence-electron chi connectivity index (χ1n) is 3.37. The van der Waals surface area contributed by atoms with Gasteiger partial charge in [-0.3, -0.25) is 0 Å². The summed E-state index contributed by atoms with van der Waals surface area (Å²) in [5.74, 6) is 0. The quantitative estimate of drug-likeness (QED) is 0.567. The summed E-state index contributed by atoms with van der Waals surface area (Å²) in [6.45, 7) is 4.30. The Kier molecular flexibility index (Phi) is 1.53. The summed E-state index contributed by atoms with van der Waals surface area (Å²) in [6, 6.07) is 0.336. The zero-order valence-electron chi connectivity index (χ0n) is 6.35. The molecular weight excluding hydrogens is 114 g/mol. The van der Waals surface area contributed by atoms with E-state index in [1.807, 2.05) is 0 Å². The van der Waals surface area contributed by atoms with Crippen LogP contribution >= 0.6 is 0 Å². The molecule has 1 fully saturated rings. The summed E-state index contributed by atoms with van der Waals surface area (Å²) < 4.78 is 5.19. The van der Waals surface area contributed by atoms with Crippen molar-refractivity contribution in [1.29, 1.82) is 0 Å². The van der Waals surface area contributed by atoms with E-state index in [0.29, 0.717) is 12.1 Å². The van der Waals surface area contributed by atoms with Gasteiger partial charge in [-0.15, -0.1) is 0 Å². The Morgan fingerprint density at radius 1 is 1.56 bits per heavy atom. The highest BCUT2D eigenvalue weighted by Gasteiger charge is 2.46. The second kappa shape index (κ2) is 1.96. The Hall–Kier alpha value is -0.0800. The molecule has 0 amide bonds. The normalized spacial score (nSPS) is 40.0. The van der Waals surface area contributed by atoms with E-state index in [4.69, 9.17) is 10.5 Å². The SMILES string of the molecule is COC1CC(N)C1(C)C. The molecule has 0 saturated heterocycles. The maximum absolute atomic E-state index is 5.74. The van der Waals surface area contributed by atoms with Crippen LogP contribution in [0.4, 0.5) is 0 Å². The third-order valence-corrected chi connectivity index (χ3v) is 2.54. The minimum atomic E-state index is 0.203. The lowest BCUT2D eigenvalue weighted by Gasteiger charge is -2.49. The van der Waals surface area contributed by atoms with E-state index < -0.39 is 0 Å². The zero-order chi connectivity index (χ0) is 7.07. The van der Waals surface area contributed by atoms with Crippen LogP contribution in [0.25, 0.3) is 0 Å². The molecule has 1 aliphatic carbocycles. The molecule has 0 aromatic carbocycles. The molecule has 0 aromatic rings. The van der Waals surface area contributed by atoms with E-state index in [2.05, 4.69) is 13.8 Å². The monoisotopic (exact) mass is 129 g/mol. The van der Waals surface area contributed by atoms with Crippen molar-refractivity contribution in [2.45, 2.75) is 32.4 Å². The molecule has 2 N–H and O–H groups in total. The van der Waals surface area contributed by atoms with Crippen LogP contribution in [0.3, 0.4) is 0 Å². The molecule has 2 unspecified atom stereocenters. The fraction of sp³-hybridized carbons (Fsp3) is 1.00. The third-order valence-electron chi connectivity index (χ3n) is 2.54. The molecule has 1 rings (SSSR count). The van der Waals surface area contributed by atoms with Crippen molar-refractivity contribution in [3.63, 3.8) is 0 Å². The van der Waals surface area contributed by atoms with Crippen molar-refractivity contribution in [2.75, 3.05) is 7.11 Å². The lowest BCUT2D eigenvalue weighted by atomic mass is 9.65. The summed E-state index contributed by atoms with van der Waals surface area (Å²) in [7, 11) is 1.75. The van der Waals surface area contributed by atoms with Gasteiger partial charge in [-0.25, -0.2) is 0 Å². The molecule has 0 radical (unpaired) electrons. The number of ether oxygens (including phenoxy) is 1. The van der Waals surface area contributed by atoms with Crippen molar-refractivity contribution >= 4 is 0 Å². The first-order chi connectivity index (χ1) is 4.09. The summed E-state index contributed by atoms with van der Waals surface area (Å²) >= 11 is 0. The Bertz CT molecular complexity index is 111. The van der Waals surface area contributed by atoms with Crippen LogP contribution in [0, 0.1) is 5.41 Å². The van der Waals surface area contributed by atoms with Crippen LogP contribution in [0.5, 0.6) is 0 Å². The van der Waals surface area contributed by atoms with Crippen LogP contribution in [0.1, 0.15) is 20.3 Å². The largest absolute Gasteiger partial charge is 0.381 e. The molecule has 2 heteroatoms. The molecule has 1 saturated carbocycles. The summed E-state index contributed by atoms with van der Waals surface area (Å²) in [6.07, 6.45) is 1.40. The van der Waals surface area contributed by atoms with Gasteiger partial charge >= 0.3 is 0 Å². The fourth-order valence-electron chi connectivity index (χ4n) is 1.32. The van der Waals surface area contributed by atoms with Crippen LogP contribution < -0.4 is 5.73 Å². The van der Waals surface area contributed by atoms with E-state index in [9.17, 15) is 0 Å². The minimum Gasteiger partial charge on any atom is -0.381 e. The average molecular weight is 129 g/mol. The predicted molar refractivity (Wildman–Crippen MR) is 37.2 cm³/mol. The second-order valence-corrected chi connectivity index (χ2v) is 3.39. The van der Waals surface area contributed by atoms with Gasteiger partial charge in [-0.1, -0.05) is 13.8 Å². The van der Waals surface area contributed by atoms with Crippen molar-refractivity contribution in [3.8, 4) is 0 Å². The van der Waals surface area contributed by atoms with Crippen LogP contribution in [-0.4, -0.2) is 19.3 Å². The predicted octanol–water partition coefficient (Wildman–Crippen LogP) is 0.759. The summed E-state index contributed by atoms with van der Waals surface area (Å²) in [4.78, 5) is 0. The second-order valence-electron chi connectivity index (χ2n) is 3.39. The van der Waals surface area contributed by atoms with Gasteiger partial charge in [0.1, 0.15) is 0 Å². The molecule has 2 nitrogen and oxygen atoms in total. The van der Waals surface area contributed by atoms with Crippen LogP contribution in [0.2, 0.25) is 0 Å². The number of hydrogen-bond acceptors (Lipinski definition) is 2. The Morgan fingerprint density at radius 2 is 2.11 bits per heavy atom. The van der Waals surface area contributed by atoms with E-state index in [0.717, 1.165) is 6.42 Å². The number of methoxy groups -OCH3 is 1. The summed E-state index contributed by atoms with van der Waals surface area (Å²) in [5, 5.41) is 0. The molecule has 2 atom stereocenters. The third kappa shape index (κ3) is 0.864. The average Bonchev–Trinajstić information content (AvgIpc) is 1.82.